The number of hydrogen-bond acceptors (Lipinski definition) is 6. The minimum Gasteiger partial charge on any atom is -0.481 e. The van der Waals surface area contributed by atoms with Crippen LogP contribution in [0.15, 0.2) is 28.4 Å². The second-order valence-corrected chi connectivity index (χ2v) is 6.94. The van der Waals surface area contributed by atoms with Crippen molar-refractivity contribution in [2.45, 2.75) is 24.5 Å². The highest BCUT2D eigenvalue weighted by Gasteiger charge is 2.32. The smallest absolute Gasteiger partial charge is 0.305 e. The Morgan fingerprint density at radius 2 is 2.20 bits per heavy atom. The molecule has 2 aliphatic rings. The van der Waals surface area contributed by atoms with Gasteiger partial charge in [-0.2, -0.15) is 5.10 Å². The van der Waals surface area contributed by atoms with Gasteiger partial charge in [-0.1, -0.05) is 17.8 Å². The zero-order valence-corrected chi connectivity index (χ0v) is 14.1. The van der Waals surface area contributed by atoms with E-state index in [0.29, 0.717) is 11.3 Å². The van der Waals surface area contributed by atoms with Crippen molar-refractivity contribution in [1.82, 2.24) is 5.32 Å². The van der Waals surface area contributed by atoms with Crippen molar-refractivity contribution in [2.24, 2.45) is 10.2 Å². The van der Waals surface area contributed by atoms with E-state index in [2.05, 4.69) is 15.5 Å². The van der Waals surface area contributed by atoms with E-state index in [1.54, 1.807) is 12.1 Å². The summed E-state index contributed by atoms with van der Waals surface area (Å²) in [6.45, 7) is 1.73. The number of halogens is 1. The normalized spacial score (nSPS) is 22.1. The lowest BCUT2D eigenvalue weighted by atomic mass is 10.2. The van der Waals surface area contributed by atoms with Gasteiger partial charge in [0.15, 0.2) is 5.17 Å². The third kappa shape index (κ3) is 4.36. The Bertz CT molecular complexity index is 747. The number of nitrogens with one attached hydrogen (secondary N) is 1. The molecule has 1 aromatic carbocycles. The largest absolute Gasteiger partial charge is 0.481 e. The number of carbonyl (C=O) groups excluding carboxylic acids is 1. The number of anilines is 1. The number of carboxylic acid groups (broad SMARTS) is 1. The molecular weight excluding hydrogens is 347 g/mol. The van der Waals surface area contributed by atoms with Gasteiger partial charge in [-0.15, -0.1) is 5.10 Å². The molecule has 0 bridgehead atoms. The van der Waals surface area contributed by atoms with E-state index in [1.165, 1.54) is 12.3 Å². The summed E-state index contributed by atoms with van der Waals surface area (Å²) in [5.41, 5.74) is 1.15. The van der Waals surface area contributed by atoms with E-state index < -0.39 is 17.1 Å². The van der Waals surface area contributed by atoms with Crippen LogP contribution in [0.2, 0.25) is 0 Å². The molecule has 2 heterocycles. The van der Waals surface area contributed by atoms with Crippen molar-refractivity contribution in [3.8, 4) is 0 Å². The number of carboxylic acids is 1. The van der Waals surface area contributed by atoms with Crippen molar-refractivity contribution >= 4 is 40.7 Å². The molecule has 9 heteroatoms. The lowest BCUT2D eigenvalue weighted by molar-refractivity contribution is -0.138. The standard InChI is InChI=1S/C16H17FN4O3S/c17-11-7-10(3-4-12(11)21-5-1-2-6-21)9-18-20-16-19-15(24)13(25-16)8-14(22)23/h3-4,7,9,13H,1-2,5-6,8H2,(H,22,23)(H,19,20,24). The molecule has 132 valence electrons. The van der Waals surface area contributed by atoms with Crippen molar-refractivity contribution in [3.63, 3.8) is 0 Å². The molecule has 1 aromatic rings. The zero-order valence-electron chi connectivity index (χ0n) is 13.3. The highest BCUT2D eigenvalue weighted by atomic mass is 32.2. The summed E-state index contributed by atoms with van der Waals surface area (Å²) in [6, 6.07) is 4.88. The maximum Gasteiger partial charge on any atom is 0.305 e. The number of amidine groups is 1. The molecule has 7 nitrogen and oxygen atoms in total. The van der Waals surface area contributed by atoms with E-state index in [4.69, 9.17) is 5.11 Å². The van der Waals surface area contributed by atoms with Crippen LogP contribution in [0.25, 0.3) is 0 Å². The summed E-state index contributed by atoms with van der Waals surface area (Å²) in [4.78, 5) is 24.3. The molecule has 0 radical (unpaired) electrons. The fraction of sp³-hybridized carbons (Fsp3) is 0.375. The molecule has 3 rings (SSSR count). The van der Waals surface area contributed by atoms with Crippen LogP contribution in [-0.4, -0.2) is 46.7 Å². The highest BCUT2D eigenvalue weighted by Crippen LogP contribution is 2.24. The van der Waals surface area contributed by atoms with E-state index in [9.17, 15) is 14.0 Å². The summed E-state index contributed by atoms with van der Waals surface area (Å²) >= 11 is 1.02. The van der Waals surface area contributed by atoms with Crippen molar-refractivity contribution in [2.75, 3.05) is 18.0 Å². The second-order valence-electron chi connectivity index (χ2n) is 5.75. The number of benzene rings is 1. The monoisotopic (exact) mass is 364 g/mol. The average Bonchev–Trinajstić information content (AvgIpc) is 3.18. The van der Waals surface area contributed by atoms with Crippen LogP contribution in [0.4, 0.5) is 10.1 Å². The first kappa shape index (κ1) is 17.4. The van der Waals surface area contributed by atoms with Gasteiger partial charge < -0.3 is 15.3 Å². The number of thioether (sulfide) groups is 1. The molecule has 2 N–H and O–H groups in total. The third-order valence-electron chi connectivity index (χ3n) is 3.91. The Morgan fingerprint density at radius 3 is 2.88 bits per heavy atom. The first-order chi connectivity index (χ1) is 12.0. The molecule has 0 aliphatic carbocycles. The molecule has 2 fully saturated rings. The molecule has 2 saturated heterocycles. The number of nitrogens with zero attached hydrogens (tertiary/aromatic N) is 3. The fourth-order valence-corrected chi connectivity index (χ4v) is 3.63. The highest BCUT2D eigenvalue weighted by molar-refractivity contribution is 8.15. The summed E-state index contributed by atoms with van der Waals surface area (Å²) in [5, 5.41) is 18.4. The maximum atomic E-state index is 14.2. The van der Waals surface area contributed by atoms with Gasteiger partial charge in [-0.3, -0.25) is 9.59 Å². The van der Waals surface area contributed by atoms with Gasteiger partial charge in [0.05, 0.1) is 18.3 Å². The predicted octanol–water partition coefficient (Wildman–Crippen LogP) is 1.82. The number of aliphatic carboxylic acids is 1. The van der Waals surface area contributed by atoms with Crippen molar-refractivity contribution in [3.05, 3.63) is 29.6 Å². The van der Waals surface area contributed by atoms with E-state index in [1.807, 2.05) is 4.90 Å². The SMILES string of the molecule is O=C(O)CC1SC(=NN=Cc2ccc(N3CCCC3)c(F)c2)NC1=O. The topological polar surface area (TPSA) is 94.4 Å². The van der Waals surface area contributed by atoms with Gasteiger partial charge in [-0.05, 0) is 30.5 Å². The number of rotatable bonds is 5. The molecule has 1 amide bonds. The van der Waals surface area contributed by atoms with E-state index in [-0.39, 0.29) is 17.4 Å². The maximum absolute atomic E-state index is 14.2. The predicted molar refractivity (Wildman–Crippen MR) is 94.7 cm³/mol. The van der Waals surface area contributed by atoms with Crippen LogP contribution in [0.5, 0.6) is 0 Å². The summed E-state index contributed by atoms with van der Waals surface area (Å²) < 4.78 is 14.2. The van der Waals surface area contributed by atoms with Gasteiger partial charge in [0.1, 0.15) is 11.1 Å². The molecule has 1 unspecified atom stereocenters. The molecule has 0 aromatic heterocycles. The average molecular weight is 364 g/mol. The molecule has 0 saturated carbocycles. The quantitative estimate of drug-likeness (QED) is 0.614. The van der Waals surface area contributed by atoms with Crippen LogP contribution in [0.3, 0.4) is 0 Å². The first-order valence-corrected chi connectivity index (χ1v) is 8.76. The first-order valence-electron chi connectivity index (χ1n) is 7.88. The Kier molecular flexibility index (Phi) is 5.32. The molecule has 1 atom stereocenters. The van der Waals surface area contributed by atoms with Crippen LogP contribution < -0.4 is 10.2 Å². The molecule has 0 spiro atoms. The van der Waals surface area contributed by atoms with Gasteiger partial charge in [0.2, 0.25) is 5.91 Å². The summed E-state index contributed by atoms with van der Waals surface area (Å²) in [7, 11) is 0. The lowest BCUT2D eigenvalue weighted by Gasteiger charge is -2.18. The zero-order chi connectivity index (χ0) is 17.8. The Morgan fingerprint density at radius 1 is 1.44 bits per heavy atom. The minimum absolute atomic E-state index is 0.238. The van der Waals surface area contributed by atoms with Crippen LogP contribution in [-0.2, 0) is 9.59 Å². The van der Waals surface area contributed by atoms with Gasteiger partial charge in [-0.25, -0.2) is 4.39 Å². The summed E-state index contributed by atoms with van der Waals surface area (Å²) in [6.07, 6.45) is 3.27. The van der Waals surface area contributed by atoms with Gasteiger partial charge >= 0.3 is 5.97 Å². The Labute approximate surface area is 148 Å². The number of carbonyl (C=O) groups is 2. The molecule has 25 heavy (non-hydrogen) atoms. The van der Waals surface area contributed by atoms with Crippen LogP contribution >= 0.6 is 11.8 Å². The Balaban J connectivity index is 1.63. The number of hydrogen-bond donors (Lipinski definition) is 2. The van der Waals surface area contributed by atoms with Gasteiger partial charge in [0.25, 0.3) is 0 Å². The van der Waals surface area contributed by atoms with Crippen LogP contribution in [0.1, 0.15) is 24.8 Å². The lowest BCUT2D eigenvalue weighted by Crippen LogP contribution is -2.26. The molecular formula is C16H17FN4O3S. The van der Waals surface area contributed by atoms with E-state index in [0.717, 1.165) is 37.7 Å². The van der Waals surface area contributed by atoms with Gasteiger partial charge in [0, 0.05) is 13.1 Å². The summed E-state index contributed by atoms with van der Waals surface area (Å²) in [5.74, 6) is -1.75. The van der Waals surface area contributed by atoms with Crippen LogP contribution in [0, 0.1) is 5.82 Å². The minimum atomic E-state index is -1.05. The van der Waals surface area contributed by atoms with Crippen molar-refractivity contribution in [1.29, 1.82) is 0 Å². The van der Waals surface area contributed by atoms with E-state index >= 15 is 0 Å². The molecule has 2 aliphatic heterocycles. The van der Waals surface area contributed by atoms with Crippen molar-refractivity contribution < 1.29 is 19.1 Å². The Hall–Kier alpha value is -2.42. The fourth-order valence-electron chi connectivity index (χ4n) is 2.71. The second kappa shape index (κ2) is 7.64. The number of amides is 1. The third-order valence-corrected chi connectivity index (χ3v) is 4.98.